The maximum Gasteiger partial charge on any atom is 0.286 e. The van der Waals surface area contributed by atoms with Crippen LogP contribution in [0.5, 0.6) is 0 Å². The molecule has 0 aliphatic carbocycles. The first-order valence-electron chi connectivity index (χ1n) is 7.57. The lowest BCUT2D eigenvalue weighted by Gasteiger charge is -2.09. The van der Waals surface area contributed by atoms with Crippen LogP contribution in [0.1, 0.15) is 45.4 Å². The largest absolute Gasteiger partial charge is 0.339 e. The fourth-order valence-corrected chi connectivity index (χ4v) is 2.66. The molecular formula is C14H20N6O. The third-order valence-electron chi connectivity index (χ3n) is 3.71. The summed E-state index contributed by atoms with van der Waals surface area (Å²) >= 11 is 0. The zero-order valence-electron chi connectivity index (χ0n) is 12.5. The van der Waals surface area contributed by atoms with Gasteiger partial charge in [-0.1, -0.05) is 26.7 Å². The van der Waals surface area contributed by atoms with Gasteiger partial charge in [0, 0.05) is 13.0 Å². The van der Waals surface area contributed by atoms with Crippen LogP contribution in [-0.4, -0.2) is 29.1 Å². The molecule has 7 heteroatoms. The zero-order valence-corrected chi connectivity index (χ0v) is 12.5. The summed E-state index contributed by atoms with van der Waals surface area (Å²) in [5.41, 5.74) is 1.08. The van der Waals surface area contributed by atoms with Gasteiger partial charge in [-0.05, 0) is 12.8 Å². The second-order valence-electron chi connectivity index (χ2n) is 5.27. The van der Waals surface area contributed by atoms with Crippen molar-refractivity contribution in [2.45, 2.75) is 52.5 Å². The van der Waals surface area contributed by atoms with Gasteiger partial charge < -0.3 is 4.98 Å². The van der Waals surface area contributed by atoms with E-state index in [1.807, 2.05) is 4.57 Å². The molecule has 0 bridgehead atoms. The predicted octanol–water partition coefficient (Wildman–Crippen LogP) is 1.91. The van der Waals surface area contributed by atoms with Crippen molar-refractivity contribution >= 4 is 16.9 Å². The van der Waals surface area contributed by atoms with Gasteiger partial charge in [-0.25, -0.2) is 9.38 Å². The minimum Gasteiger partial charge on any atom is -0.339 e. The van der Waals surface area contributed by atoms with Crippen LogP contribution in [0.3, 0.4) is 0 Å². The summed E-state index contributed by atoms with van der Waals surface area (Å²) in [4.78, 5) is 19.8. The molecule has 3 aromatic heterocycles. The van der Waals surface area contributed by atoms with Crippen LogP contribution in [-0.2, 0) is 13.0 Å². The Morgan fingerprint density at radius 2 is 2.05 bits per heavy atom. The van der Waals surface area contributed by atoms with E-state index in [9.17, 15) is 4.79 Å². The summed E-state index contributed by atoms with van der Waals surface area (Å²) in [5, 5.41) is 8.42. The van der Waals surface area contributed by atoms with Gasteiger partial charge in [0.15, 0.2) is 5.65 Å². The average Bonchev–Trinajstić information content (AvgIpc) is 3.10. The molecule has 21 heavy (non-hydrogen) atoms. The van der Waals surface area contributed by atoms with Gasteiger partial charge in [0.25, 0.3) is 5.56 Å². The number of nitrogens with one attached hydrogen (secondary N) is 1. The van der Waals surface area contributed by atoms with Crippen LogP contribution in [0.2, 0.25) is 0 Å². The number of rotatable bonds is 6. The predicted molar refractivity (Wildman–Crippen MR) is 80.4 cm³/mol. The van der Waals surface area contributed by atoms with Gasteiger partial charge in [-0.2, -0.15) is 0 Å². The molecule has 3 aromatic rings. The van der Waals surface area contributed by atoms with Gasteiger partial charge in [0.05, 0.1) is 6.33 Å². The Hall–Kier alpha value is -2.18. The highest BCUT2D eigenvalue weighted by atomic mass is 16.1. The maximum absolute atomic E-state index is 12.6. The number of hydrogen-bond acceptors (Lipinski definition) is 4. The second-order valence-corrected chi connectivity index (χ2v) is 5.27. The van der Waals surface area contributed by atoms with Crippen molar-refractivity contribution in [3.63, 3.8) is 0 Å². The third-order valence-corrected chi connectivity index (χ3v) is 3.71. The fourth-order valence-electron chi connectivity index (χ4n) is 2.66. The molecule has 3 rings (SSSR count). The van der Waals surface area contributed by atoms with E-state index in [4.69, 9.17) is 0 Å². The third kappa shape index (κ3) is 2.22. The molecule has 112 valence electrons. The molecule has 0 amide bonds. The van der Waals surface area contributed by atoms with Gasteiger partial charge in [0.2, 0.25) is 5.78 Å². The van der Waals surface area contributed by atoms with Crippen molar-refractivity contribution in [2.75, 3.05) is 0 Å². The summed E-state index contributed by atoms with van der Waals surface area (Å²) in [6.45, 7) is 5.03. The Kier molecular flexibility index (Phi) is 3.72. The van der Waals surface area contributed by atoms with Crippen molar-refractivity contribution in [3.05, 3.63) is 22.5 Å². The smallest absolute Gasteiger partial charge is 0.286 e. The standard InChI is InChI=1S/C14H20N6O/c1-3-5-6-8-19-12-11(15-9-16-12)13(21)20-10(7-4-2)17-18-14(19)20/h9H,3-8H2,1-2H3,(H,15,16). The summed E-state index contributed by atoms with van der Waals surface area (Å²) in [6, 6.07) is 0. The van der Waals surface area contributed by atoms with Crippen molar-refractivity contribution in [3.8, 4) is 0 Å². The highest BCUT2D eigenvalue weighted by molar-refractivity contribution is 5.72. The van der Waals surface area contributed by atoms with Crippen LogP contribution in [0.25, 0.3) is 16.9 Å². The molecule has 0 aliphatic rings. The summed E-state index contributed by atoms with van der Waals surface area (Å²) in [5.74, 6) is 1.32. The van der Waals surface area contributed by atoms with Crippen LogP contribution in [0, 0.1) is 0 Å². The Morgan fingerprint density at radius 1 is 1.19 bits per heavy atom. The van der Waals surface area contributed by atoms with E-state index >= 15 is 0 Å². The molecule has 0 radical (unpaired) electrons. The number of unbranched alkanes of at least 4 members (excludes halogenated alkanes) is 2. The zero-order chi connectivity index (χ0) is 14.8. The molecule has 0 saturated heterocycles. The first kappa shape index (κ1) is 13.8. The number of aryl methyl sites for hydroxylation is 2. The summed E-state index contributed by atoms with van der Waals surface area (Å²) in [7, 11) is 0. The number of aromatic nitrogens is 6. The molecule has 1 N–H and O–H groups in total. The Bertz CT molecular complexity index is 812. The van der Waals surface area contributed by atoms with Crippen molar-refractivity contribution < 1.29 is 0 Å². The number of H-pyrrole nitrogens is 1. The number of imidazole rings is 1. The van der Waals surface area contributed by atoms with E-state index in [2.05, 4.69) is 34.0 Å². The molecule has 0 unspecified atom stereocenters. The Labute approximate surface area is 122 Å². The minimum absolute atomic E-state index is 0.113. The van der Waals surface area contributed by atoms with Gasteiger partial charge >= 0.3 is 0 Å². The lowest BCUT2D eigenvalue weighted by molar-refractivity contribution is 0.612. The molecule has 3 heterocycles. The molecule has 0 aromatic carbocycles. The van der Waals surface area contributed by atoms with E-state index in [1.54, 1.807) is 10.7 Å². The second kappa shape index (κ2) is 5.67. The summed E-state index contributed by atoms with van der Waals surface area (Å²) in [6.07, 6.45) is 6.55. The van der Waals surface area contributed by atoms with Gasteiger partial charge in [-0.3, -0.25) is 9.36 Å². The van der Waals surface area contributed by atoms with Gasteiger partial charge in [0.1, 0.15) is 11.3 Å². The highest BCUT2D eigenvalue weighted by Crippen LogP contribution is 2.13. The van der Waals surface area contributed by atoms with Crippen LogP contribution >= 0.6 is 0 Å². The first-order valence-corrected chi connectivity index (χ1v) is 7.57. The van der Waals surface area contributed by atoms with Crippen LogP contribution in [0.15, 0.2) is 11.1 Å². The molecular weight excluding hydrogens is 268 g/mol. The van der Waals surface area contributed by atoms with E-state index in [0.29, 0.717) is 16.9 Å². The lowest BCUT2D eigenvalue weighted by atomic mass is 10.2. The maximum atomic E-state index is 12.6. The van der Waals surface area contributed by atoms with Crippen molar-refractivity contribution in [2.24, 2.45) is 0 Å². The monoisotopic (exact) mass is 288 g/mol. The number of hydrogen-bond donors (Lipinski definition) is 1. The normalized spacial score (nSPS) is 11.7. The molecule has 0 aliphatic heterocycles. The molecule has 0 saturated carbocycles. The van der Waals surface area contributed by atoms with Gasteiger partial charge in [-0.15, -0.1) is 10.2 Å². The molecule has 0 fully saturated rings. The number of nitrogens with zero attached hydrogens (tertiary/aromatic N) is 5. The lowest BCUT2D eigenvalue weighted by Crippen LogP contribution is -2.21. The van der Waals surface area contributed by atoms with Crippen LogP contribution in [0.4, 0.5) is 0 Å². The number of fused-ring (bicyclic) bond motifs is 2. The Balaban J connectivity index is 2.23. The quantitative estimate of drug-likeness (QED) is 0.702. The summed E-state index contributed by atoms with van der Waals surface area (Å²) < 4.78 is 3.62. The highest BCUT2D eigenvalue weighted by Gasteiger charge is 2.17. The first-order chi connectivity index (χ1) is 10.3. The van der Waals surface area contributed by atoms with E-state index < -0.39 is 0 Å². The van der Waals surface area contributed by atoms with E-state index in [-0.39, 0.29) is 5.56 Å². The topological polar surface area (TPSA) is 80.9 Å². The van der Waals surface area contributed by atoms with E-state index in [1.165, 1.54) is 0 Å². The van der Waals surface area contributed by atoms with Crippen molar-refractivity contribution in [1.82, 2.24) is 29.1 Å². The SMILES string of the molecule is CCCCCn1c2nc[nH]c2c(=O)n2c(CCC)nnc12. The van der Waals surface area contributed by atoms with Crippen molar-refractivity contribution in [1.29, 1.82) is 0 Å². The Morgan fingerprint density at radius 3 is 2.81 bits per heavy atom. The number of aromatic amines is 1. The molecule has 0 atom stereocenters. The van der Waals surface area contributed by atoms with Crippen LogP contribution < -0.4 is 5.56 Å². The molecule has 0 spiro atoms. The molecule has 7 nitrogen and oxygen atoms in total. The van der Waals surface area contributed by atoms with E-state index in [0.717, 1.165) is 44.5 Å². The fraction of sp³-hybridized carbons (Fsp3) is 0.571. The minimum atomic E-state index is -0.113. The average molecular weight is 288 g/mol.